The maximum Gasteiger partial charge on any atom is 0.224 e. The first-order valence-electron chi connectivity index (χ1n) is 8.61. The second-order valence-corrected chi connectivity index (χ2v) is 7.51. The Bertz CT molecular complexity index is 558. The van der Waals surface area contributed by atoms with Gasteiger partial charge < -0.3 is 5.32 Å². The molecule has 0 bridgehead atoms. The van der Waals surface area contributed by atoms with Gasteiger partial charge in [-0.3, -0.25) is 9.69 Å². The number of carbonyl (C=O) groups is 1. The molecule has 0 spiro atoms. The van der Waals surface area contributed by atoms with Crippen LogP contribution in [0.3, 0.4) is 0 Å². The summed E-state index contributed by atoms with van der Waals surface area (Å²) in [5.41, 5.74) is 0.908. The van der Waals surface area contributed by atoms with E-state index in [0.29, 0.717) is 22.5 Å². The van der Waals surface area contributed by atoms with E-state index in [-0.39, 0.29) is 11.9 Å². The zero-order valence-corrected chi connectivity index (χ0v) is 14.9. The Kier molecular flexibility index (Phi) is 5.84. The Morgan fingerprint density at radius 2 is 1.83 bits per heavy atom. The Balaban J connectivity index is 1.59. The molecule has 0 radical (unpaired) electrons. The first kappa shape index (κ1) is 17.1. The lowest BCUT2D eigenvalue weighted by Crippen LogP contribution is -2.52. The van der Waals surface area contributed by atoms with E-state index in [1.807, 2.05) is 6.07 Å². The van der Waals surface area contributed by atoms with Crippen molar-refractivity contribution in [2.75, 3.05) is 13.1 Å². The predicted molar refractivity (Wildman–Crippen MR) is 95.2 cm³/mol. The average Bonchev–Trinajstić information content (AvgIpc) is 3.06. The summed E-state index contributed by atoms with van der Waals surface area (Å²) >= 11 is 12.0. The van der Waals surface area contributed by atoms with Gasteiger partial charge in [0.15, 0.2) is 0 Å². The first-order valence-corrected chi connectivity index (χ1v) is 9.36. The number of rotatable bonds is 4. The third-order valence-electron chi connectivity index (χ3n) is 5.03. The van der Waals surface area contributed by atoms with E-state index in [4.69, 9.17) is 23.2 Å². The maximum absolute atomic E-state index is 12.4. The molecule has 1 aliphatic carbocycles. The predicted octanol–water partition coefficient (Wildman–Crippen LogP) is 4.06. The second kappa shape index (κ2) is 7.87. The number of hydrogen-bond acceptors (Lipinski definition) is 2. The Labute approximate surface area is 148 Å². The second-order valence-electron chi connectivity index (χ2n) is 6.69. The molecule has 126 valence electrons. The van der Waals surface area contributed by atoms with Gasteiger partial charge in [0.25, 0.3) is 0 Å². The summed E-state index contributed by atoms with van der Waals surface area (Å²) in [5.74, 6) is 0.0829. The summed E-state index contributed by atoms with van der Waals surface area (Å²) in [5, 5.41) is 4.30. The molecule has 1 aromatic rings. The number of hydrogen-bond donors (Lipinski definition) is 1. The van der Waals surface area contributed by atoms with E-state index in [9.17, 15) is 4.79 Å². The fraction of sp³-hybridized carbons (Fsp3) is 0.611. The standard InChI is InChI=1S/C18H24Cl2N2O/c19-14-8-7-13(11-15(14)20)12-18(23)21-16-5-1-2-6-17(16)22-9-3-4-10-22/h7-8,11,16-17H,1-6,9-10,12H2,(H,21,23)/t16-,17-/m1/s1. The van der Waals surface area contributed by atoms with Crippen molar-refractivity contribution in [2.45, 2.75) is 57.0 Å². The fourth-order valence-corrected chi connectivity index (χ4v) is 4.20. The largest absolute Gasteiger partial charge is 0.352 e. The van der Waals surface area contributed by atoms with E-state index in [2.05, 4.69) is 10.2 Å². The number of likely N-dealkylation sites (tertiary alicyclic amines) is 1. The van der Waals surface area contributed by atoms with Gasteiger partial charge in [0.1, 0.15) is 0 Å². The van der Waals surface area contributed by atoms with Crippen molar-refractivity contribution in [3.8, 4) is 0 Å². The summed E-state index contributed by atoms with van der Waals surface area (Å²) < 4.78 is 0. The van der Waals surface area contributed by atoms with E-state index in [1.165, 1.54) is 45.2 Å². The molecule has 1 aromatic carbocycles. The van der Waals surface area contributed by atoms with Crippen molar-refractivity contribution in [3.63, 3.8) is 0 Å². The van der Waals surface area contributed by atoms with E-state index < -0.39 is 0 Å². The number of amides is 1. The van der Waals surface area contributed by atoms with Crippen molar-refractivity contribution in [1.82, 2.24) is 10.2 Å². The molecule has 0 unspecified atom stereocenters. The first-order chi connectivity index (χ1) is 11.1. The van der Waals surface area contributed by atoms with Gasteiger partial charge in [-0.05, 0) is 56.5 Å². The van der Waals surface area contributed by atoms with Crippen LogP contribution in [0, 0.1) is 0 Å². The van der Waals surface area contributed by atoms with Crippen molar-refractivity contribution < 1.29 is 4.79 Å². The normalized spacial score (nSPS) is 25.5. The molecule has 3 rings (SSSR count). The molecule has 2 fully saturated rings. The summed E-state index contributed by atoms with van der Waals surface area (Å²) in [4.78, 5) is 15.0. The fourth-order valence-electron chi connectivity index (χ4n) is 3.88. The van der Waals surface area contributed by atoms with Crippen LogP contribution in [0.25, 0.3) is 0 Å². The van der Waals surface area contributed by atoms with Gasteiger partial charge in [0.2, 0.25) is 5.91 Å². The van der Waals surface area contributed by atoms with E-state index >= 15 is 0 Å². The molecule has 1 heterocycles. The van der Waals surface area contributed by atoms with Crippen LogP contribution in [0.5, 0.6) is 0 Å². The van der Waals surface area contributed by atoms with Crippen molar-refractivity contribution in [2.24, 2.45) is 0 Å². The summed E-state index contributed by atoms with van der Waals surface area (Å²) in [7, 11) is 0. The minimum Gasteiger partial charge on any atom is -0.352 e. The zero-order chi connectivity index (χ0) is 16.2. The highest BCUT2D eigenvalue weighted by Gasteiger charge is 2.32. The Hall–Kier alpha value is -0.770. The molecule has 5 heteroatoms. The molecule has 0 aromatic heterocycles. The van der Waals surface area contributed by atoms with Crippen LogP contribution in [0.4, 0.5) is 0 Å². The monoisotopic (exact) mass is 354 g/mol. The van der Waals surface area contributed by atoms with Gasteiger partial charge in [-0.15, -0.1) is 0 Å². The van der Waals surface area contributed by atoms with Crippen LogP contribution in [-0.4, -0.2) is 36.0 Å². The molecule has 23 heavy (non-hydrogen) atoms. The number of halogens is 2. The van der Waals surface area contributed by atoms with Crippen molar-refractivity contribution >= 4 is 29.1 Å². The highest BCUT2D eigenvalue weighted by atomic mass is 35.5. The van der Waals surface area contributed by atoms with Crippen LogP contribution in [0.15, 0.2) is 18.2 Å². The molecule has 2 aliphatic rings. The third kappa shape index (κ3) is 4.40. The molecular weight excluding hydrogens is 331 g/mol. The topological polar surface area (TPSA) is 32.3 Å². The maximum atomic E-state index is 12.4. The van der Waals surface area contributed by atoms with Gasteiger partial charge in [0.05, 0.1) is 16.5 Å². The highest BCUT2D eigenvalue weighted by Crippen LogP contribution is 2.27. The van der Waals surface area contributed by atoms with E-state index in [0.717, 1.165) is 12.0 Å². The summed E-state index contributed by atoms with van der Waals surface area (Å²) in [6.45, 7) is 2.37. The summed E-state index contributed by atoms with van der Waals surface area (Å²) in [6, 6.07) is 6.20. The summed E-state index contributed by atoms with van der Waals surface area (Å²) in [6.07, 6.45) is 7.73. The van der Waals surface area contributed by atoms with Crippen molar-refractivity contribution in [1.29, 1.82) is 0 Å². The third-order valence-corrected chi connectivity index (χ3v) is 5.77. The SMILES string of the molecule is O=C(Cc1ccc(Cl)c(Cl)c1)N[C@@H]1CCCC[C@H]1N1CCCC1. The van der Waals surface area contributed by atoms with Crippen molar-refractivity contribution in [3.05, 3.63) is 33.8 Å². The molecular formula is C18H24Cl2N2O. The van der Waals surface area contributed by atoms with Crippen LogP contribution < -0.4 is 5.32 Å². The van der Waals surface area contributed by atoms with Crippen LogP contribution >= 0.6 is 23.2 Å². The lowest BCUT2D eigenvalue weighted by Gasteiger charge is -2.38. The van der Waals surface area contributed by atoms with Gasteiger partial charge >= 0.3 is 0 Å². The van der Waals surface area contributed by atoms with Gasteiger partial charge in [-0.25, -0.2) is 0 Å². The molecule has 1 amide bonds. The zero-order valence-electron chi connectivity index (χ0n) is 13.4. The van der Waals surface area contributed by atoms with Crippen LogP contribution in [0.2, 0.25) is 10.0 Å². The van der Waals surface area contributed by atoms with Gasteiger partial charge in [-0.2, -0.15) is 0 Å². The van der Waals surface area contributed by atoms with Gasteiger partial charge in [-0.1, -0.05) is 42.1 Å². The Morgan fingerprint density at radius 3 is 2.57 bits per heavy atom. The highest BCUT2D eigenvalue weighted by molar-refractivity contribution is 6.42. The lowest BCUT2D eigenvalue weighted by molar-refractivity contribution is -0.121. The van der Waals surface area contributed by atoms with Crippen LogP contribution in [-0.2, 0) is 11.2 Å². The molecule has 1 aliphatic heterocycles. The minimum absolute atomic E-state index is 0.0829. The molecule has 1 N–H and O–H groups in total. The number of nitrogens with one attached hydrogen (secondary N) is 1. The number of nitrogens with zero attached hydrogens (tertiary/aromatic N) is 1. The van der Waals surface area contributed by atoms with Crippen LogP contribution in [0.1, 0.15) is 44.1 Å². The molecule has 1 saturated carbocycles. The smallest absolute Gasteiger partial charge is 0.224 e. The number of carbonyl (C=O) groups excluding carboxylic acids is 1. The number of benzene rings is 1. The Morgan fingerprint density at radius 1 is 1.09 bits per heavy atom. The molecule has 2 atom stereocenters. The lowest BCUT2D eigenvalue weighted by atomic mass is 9.89. The molecule has 1 saturated heterocycles. The quantitative estimate of drug-likeness (QED) is 0.883. The molecule has 3 nitrogen and oxygen atoms in total. The van der Waals surface area contributed by atoms with E-state index in [1.54, 1.807) is 12.1 Å². The van der Waals surface area contributed by atoms with Gasteiger partial charge in [0, 0.05) is 12.1 Å². The minimum atomic E-state index is 0.0829. The average molecular weight is 355 g/mol.